The van der Waals surface area contributed by atoms with Crippen LogP contribution in [0.1, 0.15) is 12.5 Å². The SMILES string of the molecule is C[C@@H](Oc1ccc(N(C)S(C)(=O)=O)cc1)C(=O)Nc1cccc(C(F)(F)F)c1. The molecule has 152 valence electrons. The zero-order valence-electron chi connectivity index (χ0n) is 15.3. The van der Waals surface area contributed by atoms with Gasteiger partial charge in [-0.3, -0.25) is 9.10 Å². The van der Waals surface area contributed by atoms with Gasteiger partial charge in [0.25, 0.3) is 5.91 Å². The Labute approximate surface area is 161 Å². The molecule has 0 heterocycles. The number of nitrogens with zero attached hydrogens (tertiary/aromatic N) is 1. The number of nitrogens with one attached hydrogen (secondary N) is 1. The van der Waals surface area contributed by atoms with Gasteiger partial charge in [-0.1, -0.05) is 6.07 Å². The molecule has 0 spiro atoms. The Kier molecular flexibility index (Phi) is 6.23. The molecule has 0 aliphatic carbocycles. The lowest BCUT2D eigenvalue weighted by Gasteiger charge is -2.18. The van der Waals surface area contributed by atoms with E-state index in [1.54, 1.807) is 0 Å². The maximum absolute atomic E-state index is 12.7. The number of halogens is 3. The number of hydrogen-bond donors (Lipinski definition) is 1. The molecule has 28 heavy (non-hydrogen) atoms. The van der Waals surface area contributed by atoms with Gasteiger partial charge in [0.1, 0.15) is 5.75 Å². The van der Waals surface area contributed by atoms with E-state index in [0.29, 0.717) is 11.4 Å². The monoisotopic (exact) mass is 416 g/mol. The van der Waals surface area contributed by atoms with Crippen LogP contribution >= 0.6 is 0 Å². The maximum atomic E-state index is 12.7. The first-order valence-corrected chi connectivity index (χ1v) is 9.91. The fourth-order valence-corrected chi connectivity index (χ4v) is 2.71. The third-order valence-electron chi connectivity index (χ3n) is 3.84. The lowest BCUT2D eigenvalue weighted by molar-refractivity contribution is -0.137. The molecule has 0 saturated carbocycles. The molecule has 2 rings (SSSR count). The van der Waals surface area contributed by atoms with Crippen LogP contribution in [0.15, 0.2) is 48.5 Å². The van der Waals surface area contributed by atoms with Gasteiger partial charge in [-0.2, -0.15) is 13.2 Å². The first-order chi connectivity index (χ1) is 12.9. The number of alkyl halides is 3. The molecule has 2 aromatic carbocycles. The largest absolute Gasteiger partial charge is 0.481 e. The molecule has 0 aliphatic rings. The quantitative estimate of drug-likeness (QED) is 0.782. The number of anilines is 2. The lowest BCUT2D eigenvalue weighted by Crippen LogP contribution is -2.30. The van der Waals surface area contributed by atoms with Crippen molar-refractivity contribution in [3.8, 4) is 5.75 Å². The number of carbonyl (C=O) groups excluding carboxylic acids is 1. The fourth-order valence-electron chi connectivity index (χ4n) is 2.20. The van der Waals surface area contributed by atoms with E-state index in [9.17, 15) is 26.4 Å². The Morgan fingerprint density at radius 3 is 2.29 bits per heavy atom. The molecule has 2 aromatic rings. The molecule has 10 heteroatoms. The number of rotatable bonds is 6. The molecule has 0 saturated heterocycles. The molecule has 0 unspecified atom stereocenters. The predicted molar refractivity (Wildman–Crippen MR) is 99.9 cm³/mol. The summed E-state index contributed by atoms with van der Waals surface area (Å²) < 4.78 is 67.8. The van der Waals surface area contributed by atoms with E-state index in [4.69, 9.17) is 4.74 Å². The van der Waals surface area contributed by atoms with Crippen molar-refractivity contribution in [3.63, 3.8) is 0 Å². The topological polar surface area (TPSA) is 75.7 Å². The second-order valence-electron chi connectivity index (χ2n) is 6.05. The van der Waals surface area contributed by atoms with Gasteiger partial charge in [0.05, 0.1) is 17.5 Å². The summed E-state index contributed by atoms with van der Waals surface area (Å²) in [4.78, 5) is 12.2. The minimum atomic E-state index is -4.51. The molecule has 0 bridgehead atoms. The van der Waals surface area contributed by atoms with Crippen molar-refractivity contribution in [2.45, 2.75) is 19.2 Å². The second-order valence-corrected chi connectivity index (χ2v) is 8.07. The molecule has 6 nitrogen and oxygen atoms in total. The molecule has 0 aromatic heterocycles. The van der Waals surface area contributed by atoms with Crippen molar-refractivity contribution in [3.05, 3.63) is 54.1 Å². The Balaban J connectivity index is 2.03. The van der Waals surface area contributed by atoms with Crippen molar-refractivity contribution < 1.29 is 31.1 Å². The van der Waals surface area contributed by atoms with E-state index in [1.807, 2.05) is 0 Å². The third-order valence-corrected chi connectivity index (χ3v) is 5.04. The average molecular weight is 416 g/mol. The first kappa shape index (κ1) is 21.5. The average Bonchev–Trinajstić information content (AvgIpc) is 2.60. The minimum Gasteiger partial charge on any atom is -0.481 e. The van der Waals surface area contributed by atoms with Gasteiger partial charge < -0.3 is 10.1 Å². The molecule has 0 radical (unpaired) electrons. The number of benzene rings is 2. The number of ether oxygens (including phenoxy) is 1. The van der Waals surface area contributed by atoms with E-state index in [-0.39, 0.29) is 5.69 Å². The summed E-state index contributed by atoms with van der Waals surface area (Å²) in [5, 5.41) is 2.37. The van der Waals surface area contributed by atoms with Gasteiger partial charge in [-0.15, -0.1) is 0 Å². The van der Waals surface area contributed by atoms with Crippen LogP contribution in [0.25, 0.3) is 0 Å². The molecular formula is C18H19F3N2O4S. The molecule has 1 N–H and O–H groups in total. The Morgan fingerprint density at radius 1 is 1.14 bits per heavy atom. The summed E-state index contributed by atoms with van der Waals surface area (Å²) in [5.74, 6) is -0.325. The highest BCUT2D eigenvalue weighted by Crippen LogP contribution is 2.30. The van der Waals surface area contributed by atoms with Gasteiger partial charge >= 0.3 is 6.18 Å². The Hall–Kier alpha value is -2.75. The predicted octanol–water partition coefficient (Wildman–Crippen LogP) is 3.51. The highest BCUT2D eigenvalue weighted by Gasteiger charge is 2.30. The van der Waals surface area contributed by atoms with Gasteiger partial charge in [0.15, 0.2) is 6.10 Å². The van der Waals surface area contributed by atoms with Gasteiger partial charge in [0, 0.05) is 12.7 Å². The maximum Gasteiger partial charge on any atom is 0.416 e. The Bertz CT molecular complexity index is 944. The van der Waals surface area contributed by atoms with Crippen molar-refractivity contribution in [2.24, 2.45) is 0 Å². The van der Waals surface area contributed by atoms with Crippen molar-refractivity contribution in [1.29, 1.82) is 0 Å². The Morgan fingerprint density at radius 2 is 1.75 bits per heavy atom. The summed E-state index contributed by atoms with van der Waals surface area (Å²) >= 11 is 0. The number of sulfonamides is 1. The van der Waals surface area contributed by atoms with E-state index < -0.39 is 33.8 Å². The number of carbonyl (C=O) groups is 1. The zero-order valence-corrected chi connectivity index (χ0v) is 16.1. The molecule has 1 amide bonds. The lowest BCUT2D eigenvalue weighted by atomic mass is 10.2. The van der Waals surface area contributed by atoms with Gasteiger partial charge in [-0.05, 0) is 49.4 Å². The summed E-state index contributed by atoms with van der Waals surface area (Å²) in [6.45, 7) is 1.44. The minimum absolute atomic E-state index is 0.000370. The normalized spacial score (nSPS) is 12.9. The van der Waals surface area contributed by atoms with E-state index >= 15 is 0 Å². The zero-order chi connectivity index (χ0) is 21.1. The summed E-state index contributed by atoms with van der Waals surface area (Å²) in [5.41, 5.74) is -0.458. The molecule has 1 atom stereocenters. The van der Waals surface area contributed by atoms with Crippen molar-refractivity contribution >= 4 is 27.3 Å². The smallest absolute Gasteiger partial charge is 0.416 e. The molecular weight excluding hydrogens is 397 g/mol. The van der Waals surface area contributed by atoms with Crippen LogP contribution in [0.5, 0.6) is 5.75 Å². The standard InChI is InChI=1S/C18H19F3N2O4S/c1-12(17(24)22-14-6-4-5-13(11-14)18(19,20)21)27-16-9-7-15(8-10-16)23(2)28(3,25)26/h4-12H,1-3H3,(H,22,24)/t12-/m1/s1. The van der Waals surface area contributed by atoms with Crippen molar-refractivity contribution in [1.82, 2.24) is 0 Å². The fraction of sp³-hybridized carbons (Fsp3) is 0.278. The van der Waals surface area contributed by atoms with E-state index in [1.165, 1.54) is 50.4 Å². The highest BCUT2D eigenvalue weighted by molar-refractivity contribution is 7.92. The van der Waals surface area contributed by atoms with Crippen LogP contribution in [0, 0.1) is 0 Å². The van der Waals surface area contributed by atoms with Crippen LogP contribution in [0.4, 0.5) is 24.5 Å². The van der Waals surface area contributed by atoms with E-state index in [0.717, 1.165) is 22.7 Å². The molecule has 0 aliphatic heterocycles. The first-order valence-electron chi connectivity index (χ1n) is 8.06. The van der Waals surface area contributed by atoms with Crippen LogP contribution in [-0.4, -0.2) is 33.7 Å². The van der Waals surface area contributed by atoms with Crippen LogP contribution in [0.3, 0.4) is 0 Å². The summed E-state index contributed by atoms with van der Waals surface area (Å²) in [6.07, 6.45) is -4.44. The van der Waals surface area contributed by atoms with Crippen LogP contribution in [0.2, 0.25) is 0 Å². The number of hydrogen-bond acceptors (Lipinski definition) is 4. The highest BCUT2D eigenvalue weighted by atomic mass is 32.2. The molecule has 0 fully saturated rings. The summed E-state index contributed by atoms with van der Waals surface area (Å²) in [6, 6.07) is 10.3. The second kappa shape index (κ2) is 8.09. The van der Waals surface area contributed by atoms with Gasteiger partial charge in [0.2, 0.25) is 10.0 Å². The summed E-state index contributed by atoms with van der Waals surface area (Å²) in [7, 11) is -2.01. The van der Waals surface area contributed by atoms with Crippen LogP contribution < -0.4 is 14.4 Å². The van der Waals surface area contributed by atoms with Crippen molar-refractivity contribution in [2.75, 3.05) is 22.9 Å². The number of amides is 1. The third kappa shape index (κ3) is 5.62. The van der Waals surface area contributed by atoms with Crippen LogP contribution in [-0.2, 0) is 21.0 Å². The van der Waals surface area contributed by atoms with E-state index in [2.05, 4.69) is 5.32 Å². The van der Waals surface area contributed by atoms with Gasteiger partial charge in [-0.25, -0.2) is 8.42 Å².